The van der Waals surface area contributed by atoms with Crippen LogP contribution in [0.4, 0.5) is 5.69 Å². The first-order valence-electron chi connectivity index (χ1n) is 15.3. The maximum Gasteiger partial charge on any atom is 0.264 e. The Morgan fingerprint density at radius 2 is 1.56 bits per heavy atom. The van der Waals surface area contributed by atoms with Gasteiger partial charge in [0.05, 0.1) is 22.2 Å². The van der Waals surface area contributed by atoms with Crippen molar-refractivity contribution < 1.29 is 22.7 Å². The molecule has 1 N–H and O–H groups in total. The van der Waals surface area contributed by atoms with Gasteiger partial charge in [0.25, 0.3) is 10.0 Å². The van der Waals surface area contributed by atoms with Crippen molar-refractivity contribution in [1.82, 2.24) is 10.2 Å². The maximum atomic E-state index is 14.7. The second-order valence-electron chi connectivity index (χ2n) is 11.7. The predicted octanol–water partition coefficient (Wildman–Crippen LogP) is 7.68. The van der Waals surface area contributed by atoms with E-state index in [1.165, 1.54) is 30.2 Å². The lowest BCUT2D eigenvalue weighted by Crippen LogP contribution is -2.53. The van der Waals surface area contributed by atoms with E-state index in [1.807, 2.05) is 51.1 Å². The molecular formula is C36H38BrCl2N3O5S. The van der Waals surface area contributed by atoms with Crippen molar-refractivity contribution in [2.24, 2.45) is 5.92 Å². The van der Waals surface area contributed by atoms with Crippen molar-refractivity contribution in [3.05, 3.63) is 122 Å². The molecule has 0 spiro atoms. The zero-order valence-corrected chi connectivity index (χ0v) is 31.0. The number of amides is 2. The number of nitrogens with zero attached hydrogens (tertiary/aromatic N) is 2. The highest BCUT2D eigenvalue weighted by Crippen LogP contribution is 2.32. The van der Waals surface area contributed by atoms with E-state index in [9.17, 15) is 18.0 Å². The molecule has 0 aliphatic carbocycles. The van der Waals surface area contributed by atoms with Gasteiger partial charge in [-0.05, 0) is 76.8 Å². The summed E-state index contributed by atoms with van der Waals surface area (Å²) in [6.07, 6.45) is 0.168. The number of methoxy groups -OCH3 is 1. The van der Waals surface area contributed by atoms with Gasteiger partial charge < -0.3 is 15.0 Å². The number of halogens is 3. The molecule has 8 nitrogen and oxygen atoms in total. The first kappa shape index (κ1) is 37.3. The van der Waals surface area contributed by atoms with E-state index in [1.54, 1.807) is 42.5 Å². The molecule has 0 saturated carbocycles. The summed E-state index contributed by atoms with van der Waals surface area (Å²) in [5.74, 6) is -0.401. The molecule has 0 fully saturated rings. The standard InChI is InChI=1S/C36H38BrCl2N3O5S/c1-24(2)21-40-36(44)33(19-26-9-6-5-7-10-26)41(22-29-31(38)11-8-12-32(29)39)35(43)23-42(27-15-13-25(3)14-16-27)48(45,46)28-17-18-34(47-4)30(37)20-28/h5-18,20,24,33H,19,21-23H2,1-4H3,(H,40,44)/t33-/m1/s1. The highest BCUT2D eigenvalue weighted by molar-refractivity contribution is 9.10. The van der Waals surface area contributed by atoms with Gasteiger partial charge in [-0.15, -0.1) is 0 Å². The molecule has 48 heavy (non-hydrogen) atoms. The Morgan fingerprint density at radius 1 is 0.917 bits per heavy atom. The monoisotopic (exact) mass is 773 g/mol. The molecule has 0 unspecified atom stereocenters. The Morgan fingerprint density at radius 3 is 2.15 bits per heavy atom. The second kappa shape index (κ2) is 16.7. The summed E-state index contributed by atoms with van der Waals surface area (Å²) in [5.41, 5.74) is 2.44. The molecule has 4 aromatic rings. The fourth-order valence-corrected chi connectivity index (χ4v) is 7.65. The maximum absolute atomic E-state index is 14.7. The number of rotatable bonds is 14. The van der Waals surface area contributed by atoms with Gasteiger partial charge in [-0.3, -0.25) is 13.9 Å². The fourth-order valence-electron chi connectivity index (χ4n) is 5.00. The minimum Gasteiger partial charge on any atom is -0.496 e. The van der Waals surface area contributed by atoms with Gasteiger partial charge in [0, 0.05) is 35.1 Å². The minimum absolute atomic E-state index is 0.0558. The summed E-state index contributed by atoms with van der Waals surface area (Å²) in [7, 11) is -2.83. The van der Waals surface area contributed by atoms with Gasteiger partial charge in [-0.1, -0.05) is 91.1 Å². The Labute approximate surface area is 301 Å². The molecule has 0 radical (unpaired) electrons. The number of hydrogen-bond donors (Lipinski definition) is 1. The molecule has 4 rings (SSSR count). The third-order valence-corrected chi connectivity index (χ3v) is 10.8. The quantitative estimate of drug-likeness (QED) is 0.142. The van der Waals surface area contributed by atoms with Crippen molar-refractivity contribution in [3.8, 4) is 5.75 Å². The predicted molar refractivity (Wildman–Crippen MR) is 195 cm³/mol. The van der Waals surface area contributed by atoms with Crippen LogP contribution in [0, 0.1) is 12.8 Å². The van der Waals surface area contributed by atoms with Crippen LogP contribution in [0.3, 0.4) is 0 Å². The lowest BCUT2D eigenvalue weighted by Gasteiger charge is -2.34. The van der Waals surface area contributed by atoms with Crippen LogP contribution in [0.5, 0.6) is 5.75 Å². The number of hydrogen-bond acceptors (Lipinski definition) is 5. The average molecular weight is 776 g/mol. The summed E-state index contributed by atoms with van der Waals surface area (Å²) < 4.78 is 35.5. The zero-order chi connectivity index (χ0) is 35.0. The van der Waals surface area contributed by atoms with Crippen molar-refractivity contribution in [2.45, 2.75) is 44.7 Å². The van der Waals surface area contributed by atoms with Crippen LogP contribution in [0.1, 0.15) is 30.5 Å². The fraction of sp³-hybridized carbons (Fsp3) is 0.278. The van der Waals surface area contributed by atoms with E-state index < -0.39 is 28.5 Å². The molecule has 0 bridgehead atoms. The molecule has 0 saturated heterocycles. The summed E-state index contributed by atoms with van der Waals surface area (Å²) >= 11 is 16.6. The number of anilines is 1. The molecule has 12 heteroatoms. The van der Waals surface area contributed by atoms with Gasteiger partial charge in [0.2, 0.25) is 11.8 Å². The second-order valence-corrected chi connectivity index (χ2v) is 15.2. The first-order valence-corrected chi connectivity index (χ1v) is 18.3. The Bertz CT molecular complexity index is 1820. The van der Waals surface area contributed by atoms with Crippen LogP contribution < -0.4 is 14.4 Å². The van der Waals surface area contributed by atoms with Crippen LogP contribution >= 0.6 is 39.1 Å². The molecule has 4 aromatic carbocycles. The van der Waals surface area contributed by atoms with Gasteiger partial charge in [0.15, 0.2) is 0 Å². The Balaban J connectivity index is 1.84. The molecule has 1 atom stereocenters. The van der Waals surface area contributed by atoms with Crippen LogP contribution in [-0.2, 0) is 32.6 Å². The molecule has 0 aliphatic heterocycles. The van der Waals surface area contributed by atoms with Crippen molar-refractivity contribution >= 4 is 66.7 Å². The largest absolute Gasteiger partial charge is 0.496 e. The van der Waals surface area contributed by atoms with Crippen LogP contribution in [0.2, 0.25) is 10.0 Å². The number of benzene rings is 4. The molecule has 2 amide bonds. The number of carbonyl (C=O) groups excluding carboxylic acids is 2. The Hall–Kier alpha value is -3.57. The smallest absolute Gasteiger partial charge is 0.264 e. The topological polar surface area (TPSA) is 96.0 Å². The SMILES string of the molecule is COc1ccc(S(=O)(=O)N(CC(=O)N(Cc2c(Cl)cccc2Cl)[C@H](Cc2ccccc2)C(=O)NCC(C)C)c2ccc(C)cc2)cc1Br. The van der Waals surface area contributed by atoms with Gasteiger partial charge >= 0.3 is 0 Å². The molecule has 0 aromatic heterocycles. The average Bonchev–Trinajstić information content (AvgIpc) is 3.06. The highest BCUT2D eigenvalue weighted by Gasteiger charge is 2.35. The van der Waals surface area contributed by atoms with Gasteiger partial charge in [0.1, 0.15) is 18.3 Å². The van der Waals surface area contributed by atoms with E-state index in [4.69, 9.17) is 27.9 Å². The number of ether oxygens (including phenoxy) is 1. The number of nitrogens with one attached hydrogen (secondary N) is 1. The van der Waals surface area contributed by atoms with Crippen molar-refractivity contribution in [2.75, 3.05) is 24.5 Å². The summed E-state index contributed by atoms with van der Waals surface area (Å²) in [6, 6.07) is 24.5. The van der Waals surface area contributed by atoms with Gasteiger partial charge in [-0.25, -0.2) is 8.42 Å². The molecule has 254 valence electrons. The molecular weight excluding hydrogens is 737 g/mol. The van der Waals surface area contributed by atoms with E-state index in [2.05, 4.69) is 21.2 Å². The lowest BCUT2D eigenvalue weighted by atomic mass is 10.0. The molecule has 0 heterocycles. The number of carbonyl (C=O) groups is 2. The van der Waals surface area contributed by atoms with E-state index in [0.29, 0.717) is 32.4 Å². The van der Waals surface area contributed by atoms with E-state index in [0.717, 1.165) is 15.4 Å². The normalized spacial score (nSPS) is 12.0. The Kier molecular flexibility index (Phi) is 13.0. The van der Waals surface area contributed by atoms with Crippen LogP contribution in [0.15, 0.2) is 100 Å². The summed E-state index contributed by atoms with van der Waals surface area (Å²) in [4.78, 5) is 29.9. The summed E-state index contributed by atoms with van der Waals surface area (Å²) in [6.45, 7) is 5.46. The number of aryl methyl sites for hydroxylation is 1. The third-order valence-electron chi connectivity index (χ3n) is 7.66. The first-order chi connectivity index (χ1) is 22.8. The zero-order valence-electron chi connectivity index (χ0n) is 27.1. The van der Waals surface area contributed by atoms with Crippen LogP contribution in [-0.4, -0.2) is 51.4 Å². The molecule has 0 aliphatic rings. The van der Waals surface area contributed by atoms with Gasteiger partial charge in [-0.2, -0.15) is 0 Å². The van der Waals surface area contributed by atoms with Crippen LogP contribution in [0.25, 0.3) is 0 Å². The summed E-state index contributed by atoms with van der Waals surface area (Å²) in [5, 5.41) is 3.59. The number of sulfonamides is 1. The van der Waals surface area contributed by atoms with E-state index in [-0.39, 0.29) is 35.4 Å². The van der Waals surface area contributed by atoms with Crippen molar-refractivity contribution in [1.29, 1.82) is 0 Å². The third kappa shape index (κ3) is 9.31. The van der Waals surface area contributed by atoms with E-state index >= 15 is 0 Å². The van der Waals surface area contributed by atoms with Crippen molar-refractivity contribution in [3.63, 3.8) is 0 Å². The highest BCUT2D eigenvalue weighted by atomic mass is 79.9. The lowest BCUT2D eigenvalue weighted by molar-refractivity contribution is -0.140. The minimum atomic E-state index is -4.31.